The second-order valence-corrected chi connectivity index (χ2v) is 8.09. The number of nitrogens with zero attached hydrogens (tertiary/aromatic N) is 2. The normalized spacial score (nSPS) is 20.4. The third kappa shape index (κ3) is 3.76. The summed E-state index contributed by atoms with van der Waals surface area (Å²) in [6.07, 6.45) is 2.51. The van der Waals surface area contributed by atoms with Crippen LogP contribution in [0.3, 0.4) is 0 Å². The average molecular weight is 361 g/mol. The first kappa shape index (κ1) is 18.1. The molecule has 0 saturated carbocycles. The lowest BCUT2D eigenvalue weighted by Gasteiger charge is -2.19. The monoisotopic (exact) mass is 360 g/mol. The molecule has 140 valence electrons. The molecule has 1 aliphatic rings. The Morgan fingerprint density at radius 2 is 1.78 bits per heavy atom. The Labute approximate surface area is 161 Å². The van der Waals surface area contributed by atoms with Crippen molar-refractivity contribution in [3.05, 3.63) is 76.5 Å². The number of pyridine rings is 1. The molecule has 1 N–H and O–H groups in total. The molecule has 3 heteroatoms. The number of fused-ring (bicyclic) bond motifs is 1. The molecule has 2 atom stereocenters. The number of aryl methyl sites for hydroxylation is 3. The summed E-state index contributed by atoms with van der Waals surface area (Å²) >= 11 is 0. The zero-order valence-electron chi connectivity index (χ0n) is 16.4. The maximum absolute atomic E-state index is 10.7. The Morgan fingerprint density at radius 3 is 2.56 bits per heavy atom. The van der Waals surface area contributed by atoms with Gasteiger partial charge in [0.25, 0.3) is 0 Å². The van der Waals surface area contributed by atoms with Gasteiger partial charge in [-0.1, -0.05) is 35.9 Å². The quantitative estimate of drug-likeness (QED) is 0.758. The van der Waals surface area contributed by atoms with Crippen LogP contribution in [0.2, 0.25) is 0 Å². The van der Waals surface area contributed by atoms with E-state index in [2.05, 4.69) is 67.1 Å². The van der Waals surface area contributed by atoms with Gasteiger partial charge in [0.15, 0.2) is 0 Å². The van der Waals surface area contributed by atoms with Crippen LogP contribution in [0.25, 0.3) is 10.9 Å². The number of aromatic nitrogens is 1. The molecule has 0 bridgehead atoms. The van der Waals surface area contributed by atoms with Crippen LogP contribution in [-0.4, -0.2) is 34.2 Å². The number of hydrogen-bond acceptors (Lipinski definition) is 3. The molecule has 3 aromatic rings. The topological polar surface area (TPSA) is 36.4 Å². The lowest BCUT2D eigenvalue weighted by Crippen LogP contribution is -2.22. The van der Waals surface area contributed by atoms with Crippen molar-refractivity contribution in [2.45, 2.75) is 39.8 Å². The third-order valence-electron chi connectivity index (χ3n) is 5.93. The van der Waals surface area contributed by atoms with Gasteiger partial charge in [0.1, 0.15) is 0 Å². The van der Waals surface area contributed by atoms with Gasteiger partial charge in [-0.15, -0.1) is 0 Å². The molecular formula is C24H28N2O. The van der Waals surface area contributed by atoms with E-state index in [-0.39, 0.29) is 12.0 Å². The van der Waals surface area contributed by atoms with Crippen LogP contribution < -0.4 is 0 Å². The zero-order chi connectivity index (χ0) is 19.0. The molecule has 1 aromatic heterocycles. The molecule has 27 heavy (non-hydrogen) atoms. The minimum Gasteiger partial charge on any atom is -0.391 e. The highest BCUT2D eigenvalue weighted by Crippen LogP contribution is 2.27. The summed E-state index contributed by atoms with van der Waals surface area (Å²) in [5.74, 6) is 0.266. The van der Waals surface area contributed by atoms with Crippen LogP contribution in [0, 0.1) is 26.7 Å². The number of para-hydroxylation sites is 1. The minimum atomic E-state index is -0.275. The molecule has 0 radical (unpaired) electrons. The van der Waals surface area contributed by atoms with Crippen molar-refractivity contribution < 1.29 is 5.11 Å². The Kier molecular flexibility index (Phi) is 4.98. The molecule has 4 rings (SSSR count). The molecular weight excluding hydrogens is 332 g/mol. The van der Waals surface area contributed by atoms with Crippen molar-refractivity contribution in [1.29, 1.82) is 0 Å². The first-order chi connectivity index (χ1) is 13.0. The lowest BCUT2D eigenvalue weighted by atomic mass is 9.94. The standard InChI is InChI=1S/C24H28N2O/c1-16-10-17(2)22(18(3)11-16)14-26-13-20(24(27)15-26)12-19-8-9-25-23-7-5-4-6-21(19)23/h4-11,20,24,27H,12-15H2,1-3H3/t20-,24-/m1/s1. The van der Waals surface area contributed by atoms with Crippen LogP contribution in [0.5, 0.6) is 0 Å². The van der Waals surface area contributed by atoms with E-state index < -0.39 is 0 Å². The number of rotatable bonds is 4. The molecule has 2 heterocycles. The maximum Gasteiger partial charge on any atom is 0.0710 e. The molecule has 2 aromatic carbocycles. The number of aliphatic hydroxyl groups is 1. The van der Waals surface area contributed by atoms with Gasteiger partial charge in [0.05, 0.1) is 11.6 Å². The molecule has 0 spiro atoms. The van der Waals surface area contributed by atoms with Gasteiger partial charge in [-0.3, -0.25) is 9.88 Å². The van der Waals surface area contributed by atoms with E-state index in [1.54, 1.807) is 0 Å². The van der Waals surface area contributed by atoms with Crippen LogP contribution in [-0.2, 0) is 13.0 Å². The van der Waals surface area contributed by atoms with Crippen molar-refractivity contribution in [1.82, 2.24) is 9.88 Å². The van der Waals surface area contributed by atoms with E-state index in [0.29, 0.717) is 0 Å². The largest absolute Gasteiger partial charge is 0.391 e. The van der Waals surface area contributed by atoms with Crippen molar-refractivity contribution >= 4 is 10.9 Å². The average Bonchev–Trinajstić information content (AvgIpc) is 2.98. The Morgan fingerprint density at radius 1 is 1.04 bits per heavy atom. The van der Waals surface area contributed by atoms with Gasteiger partial charge in [0.2, 0.25) is 0 Å². The van der Waals surface area contributed by atoms with Gasteiger partial charge >= 0.3 is 0 Å². The van der Waals surface area contributed by atoms with Crippen LogP contribution in [0.1, 0.15) is 27.8 Å². The van der Waals surface area contributed by atoms with E-state index in [1.165, 1.54) is 33.2 Å². The smallest absolute Gasteiger partial charge is 0.0710 e. The fourth-order valence-electron chi connectivity index (χ4n) is 4.57. The fourth-order valence-corrected chi connectivity index (χ4v) is 4.57. The highest BCUT2D eigenvalue weighted by molar-refractivity contribution is 5.81. The van der Waals surface area contributed by atoms with Crippen molar-refractivity contribution in [2.24, 2.45) is 5.92 Å². The van der Waals surface area contributed by atoms with Gasteiger partial charge < -0.3 is 5.11 Å². The van der Waals surface area contributed by atoms with Crippen molar-refractivity contribution in [3.63, 3.8) is 0 Å². The second kappa shape index (κ2) is 7.41. The van der Waals surface area contributed by atoms with Crippen LogP contribution in [0.4, 0.5) is 0 Å². The first-order valence-corrected chi connectivity index (χ1v) is 9.81. The zero-order valence-corrected chi connectivity index (χ0v) is 16.4. The summed E-state index contributed by atoms with van der Waals surface area (Å²) in [7, 11) is 0. The Hall–Kier alpha value is -2.23. The lowest BCUT2D eigenvalue weighted by molar-refractivity contribution is 0.141. The van der Waals surface area contributed by atoms with E-state index in [4.69, 9.17) is 0 Å². The molecule has 1 saturated heterocycles. The van der Waals surface area contributed by atoms with Crippen LogP contribution in [0.15, 0.2) is 48.7 Å². The van der Waals surface area contributed by atoms with E-state index in [0.717, 1.165) is 31.6 Å². The third-order valence-corrected chi connectivity index (χ3v) is 5.93. The van der Waals surface area contributed by atoms with E-state index in [1.807, 2.05) is 12.3 Å². The first-order valence-electron chi connectivity index (χ1n) is 9.81. The minimum absolute atomic E-state index is 0.266. The van der Waals surface area contributed by atoms with Gasteiger partial charge in [-0.2, -0.15) is 0 Å². The van der Waals surface area contributed by atoms with Crippen LogP contribution >= 0.6 is 0 Å². The van der Waals surface area contributed by atoms with E-state index in [9.17, 15) is 5.11 Å². The van der Waals surface area contributed by atoms with E-state index >= 15 is 0 Å². The SMILES string of the molecule is Cc1cc(C)c(CN2C[C@@H](Cc3ccnc4ccccc34)[C@H](O)C2)c(C)c1. The summed E-state index contributed by atoms with van der Waals surface area (Å²) in [5.41, 5.74) is 7.75. The molecule has 0 unspecified atom stereocenters. The van der Waals surface area contributed by atoms with Gasteiger partial charge in [-0.05, 0) is 61.6 Å². The summed E-state index contributed by atoms with van der Waals surface area (Å²) in [6.45, 7) is 9.15. The maximum atomic E-state index is 10.7. The molecule has 3 nitrogen and oxygen atoms in total. The van der Waals surface area contributed by atoms with Gasteiger partial charge in [0, 0.05) is 37.1 Å². The summed E-state index contributed by atoms with van der Waals surface area (Å²) in [5, 5.41) is 11.9. The van der Waals surface area contributed by atoms with Gasteiger partial charge in [-0.25, -0.2) is 0 Å². The number of likely N-dealkylation sites (tertiary alicyclic amines) is 1. The highest BCUT2D eigenvalue weighted by Gasteiger charge is 2.32. The van der Waals surface area contributed by atoms with Crippen molar-refractivity contribution in [3.8, 4) is 0 Å². The Bertz CT molecular complexity index is 937. The molecule has 1 fully saturated rings. The van der Waals surface area contributed by atoms with Crippen molar-refractivity contribution in [2.75, 3.05) is 13.1 Å². The fraction of sp³-hybridized carbons (Fsp3) is 0.375. The number of hydrogen-bond donors (Lipinski definition) is 1. The second-order valence-electron chi connectivity index (χ2n) is 8.09. The molecule has 0 amide bonds. The Balaban J connectivity index is 1.50. The predicted molar refractivity (Wildman–Crippen MR) is 111 cm³/mol. The molecule has 1 aliphatic heterocycles. The highest BCUT2D eigenvalue weighted by atomic mass is 16.3. The molecule has 0 aliphatic carbocycles. The number of β-amino-alcohol motifs (C(OH)–C–C–N with tert-alkyl or cyclic N) is 1. The number of aliphatic hydroxyl groups excluding tert-OH is 1. The summed E-state index contributed by atoms with van der Waals surface area (Å²) in [6, 6.07) is 14.9. The summed E-state index contributed by atoms with van der Waals surface area (Å²) in [4.78, 5) is 6.87. The predicted octanol–water partition coefficient (Wildman–Crippen LogP) is 4.20. The summed E-state index contributed by atoms with van der Waals surface area (Å²) < 4.78 is 0. The number of benzene rings is 2.